The Bertz CT molecular complexity index is 316. The van der Waals surface area contributed by atoms with Crippen LogP contribution in [0.4, 0.5) is 11.4 Å². The van der Waals surface area contributed by atoms with Crippen LogP contribution in [0.15, 0.2) is 18.5 Å². The topological polar surface area (TPSA) is 50.9 Å². The van der Waals surface area contributed by atoms with E-state index in [1.165, 1.54) is 25.7 Å². The van der Waals surface area contributed by atoms with Gasteiger partial charge in [-0.05, 0) is 25.8 Å². The summed E-state index contributed by atoms with van der Waals surface area (Å²) in [6.07, 6.45) is 8.62. The number of nitrogens with two attached hydrogens (primary N) is 1. The quantitative estimate of drug-likeness (QED) is 0.754. The van der Waals surface area contributed by atoms with Crippen molar-refractivity contribution in [3.63, 3.8) is 0 Å². The van der Waals surface area contributed by atoms with Crippen LogP contribution in [0.3, 0.4) is 0 Å². The number of anilines is 2. The van der Waals surface area contributed by atoms with Gasteiger partial charge in [-0.1, -0.05) is 12.8 Å². The first-order chi connectivity index (χ1) is 6.68. The third kappa shape index (κ3) is 1.97. The Morgan fingerprint density at radius 2 is 2.07 bits per heavy atom. The fourth-order valence-electron chi connectivity index (χ4n) is 2.15. The van der Waals surface area contributed by atoms with E-state index in [4.69, 9.17) is 5.73 Å². The third-order valence-electron chi connectivity index (χ3n) is 2.91. The number of hydrogen-bond donors (Lipinski definition) is 2. The first kappa shape index (κ1) is 9.31. The van der Waals surface area contributed by atoms with E-state index in [0.29, 0.717) is 0 Å². The summed E-state index contributed by atoms with van der Waals surface area (Å²) in [6.45, 7) is 2.27. The molecule has 1 heterocycles. The van der Waals surface area contributed by atoms with Crippen LogP contribution in [-0.2, 0) is 0 Å². The molecule has 1 saturated carbocycles. The van der Waals surface area contributed by atoms with Crippen molar-refractivity contribution in [1.29, 1.82) is 0 Å². The van der Waals surface area contributed by atoms with Crippen molar-refractivity contribution in [2.24, 2.45) is 0 Å². The Labute approximate surface area is 84.7 Å². The molecule has 14 heavy (non-hydrogen) atoms. The second kappa shape index (κ2) is 3.48. The number of hydrogen-bond acceptors (Lipinski definition) is 3. The van der Waals surface area contributed by atoms with Gasteiger partial charge in [-0.25, -0.2) is 0 Å². The number of nitrogens with one attached hydrogen (secondary N) is 1. The molecule has 0 aliphatic heterocycles. The lowest BCUT2D eigenvalue weighted by Gasteiger charge is -2.26. The van der Waals surface area contributed by atoms with E-state index < -0.39 is 0 Å². The molecule has 0 unspecified atom stereocenters. The van der Waals surface area contributed by atoms with Crippen LogP contribution in [0.5, 0.6) is 0 Å². The zero-order valence-corrected chi connectivity index (χ0v) is 8.59. The molecule has 3 heteroatoms. The predicted molar refractivity (Wildman–Crippen MR) is 59.1 cm³/mol. The molecule has 3 N–H and O–H groups in total. The minimum atomic E-state index is 0.246. The number of nitrogens with zero attached hydrogens (tertiary/aromatic N) is 1. The van der Waals surface area contributed by atoms with Gasteiger partial charge in [0.25, 0.3) is 0 Å². The van der Waals surface area contributed by atoms with E-state index in [2.05, 4.69) is 17.2 Å². The predicted octanol–water partition coefficient (Wildman–Crippen LogP) is 2.41. The standard InChI is InChI=1S/C11H17N3/c1-11(4-2-3-5-11)14-10-6-9(12)7-13-8-10/h6-8,14H,2-5,12H2,1H3. The molecular formula is C11H17N3. The maximum Gasteiger partial charge on any atom is 0.0551 e. The van der Waals surface area contributed by atoms with Gasteiger partial charge in [0.15, 0.2) is 0 Å². The normalized spacial score (nSPS) is 19.5. The number of aromatic nitrogens is 1. The molecule has 1 aromatic rings. The van der Waals surface area contributed by atoms with Crippen LogP contribution in [-0.4, -0.2) is 10.5 Å². The molecule has 1 fully saturated rings. The van der Waals surface area contributed by atoms with Crippen molar-refractivity contribution in [1.82, 2.24) is 4.98 Å². The monoisotopic (exact) mass is 191 g/mol. The highest BCUT2D eigenvalue weighted by atomic mass is 15.0. The second-order valence-corrected chi connectivity index (χ2v) is 4.40. The third-order valence-corrected chi connectivity index (χ3v) is 2.91. The number of rotatable bonds is 2. The Morgan fingerprint density at radius 3 is 2.71 bits per heavy atom. The maximum absolute atomic E-state index is 5.67. The molecule has 76 valence electrons. The highest BCUT2D eigenvalue weighted by Crippen LogP contribution is 2.32. The van der Waals surface area contributed by atoms with E-state index in [0.717, 1.165) is 11.4 Å². The summed E-state index contributed by atoms with van der Waals surface area (Å²) >= 11 is 0. The van der Waals surface area contributed by atoms with Gasteiger partial charge < -0.3 is 11.1 Å². The molecule has 1 aromatic heterocycles. The minimum absolute atomic E-state index is 0.246. The number of pyridine rings is 1. The SMILES string of the molecule is CC1(Nc2cncc(N)c2)CCCC1. The molecule has 0 aromatic carbocycles. The lowest BCUT2D eigenvalue weighted by atomic mass is 10.0. The van der Waals surface area contributed by atoms with Crippen LogP contribution in [0, 0.1) is 0 Å². The van der Waals surface area contributed by atoms with Gasteiger partial charge in [-0.15, -0.1) is 0 Å². The summed E-state index contributed by atoms with van der Waals surface area (Å²) in [5.74, 6) is 0. The van der Waals surface area contributed by atoms with E-state index in [9.17, 15) is 0 Å². The molecule has 2 rings (SSSR count). The molecule has 3 nitrogen and oxygen atoms in total. The zero-order chi connectivity index (χ0) is 10.0. The highest BCUT2D eigenvalue weighted by molar-refractivity contribution is 5.52. The van der Waals surface area contributed by atoms with Crippen LogP contribution < -0.4 is 11.1 Å². The first-order valence-corrected chi connectivity index (χ1v) is 5.17. The van der Waals surface area contributed by atoms with Crippen LogP contribution >= 0.6 is 0 Å². The molecule has 0 radical (unpaired) electrons. The van der Waals surface area contributed by atoms with Gasteiger partial charge in [0.2, 0.25) is 0 Å². The summed E-state index contributed by atoms with van der Waals surface area (Å²) in [4.78, 5) is 4.07. The van der Waals surface area contributed by atoms with Gasteiger partial charge in [0.05, 0.1) is 17.6 Å². The van der Waals surface area contributed by atoms with Crippen molar-refractivity contribution < 1.29 is 0 Å². The molecule has 1 aliphatic carbocycles. The molecule has 0 saturated heterocycles. The summed E-state index contributed by atoms with van der Waals surface area (Å²) in [7, 11) is 0. The zero-order valence-electron chi connectivity index (χ0n) is 8.59. The Morgan fingerprint density at radius 1 is 1.36 bits per heavy atom. The average molecular weight is 191 g/mol. The Hall–Kier alpha value is -1.25. The Balaban J connectivity index is 2.10. The van der Waals surface area contributed by atoms with Crippen LogP contribution in [0.1, 0.15) is 32.6 Å². The average Bonchev–Trinajstić information content (AvgIpc) is 2.51. The van der Waals surface area contributed by atoms with E-state index in [1.54, 1.807) is 6.20 Å². The second-order valence-electron chi connectivity index (χ2n) is 4.40. The lowest BCUT2D eigenvalue weighted by Crippen LogP contribution is -2.30. The highest BCUT2D eigenvalue weighted by Gasteiger charge is 2.28. The fourth-order valence-corrected chi connectivity index (χ4v) is 2.15. The smallest absolute Gasteiger partial charge is 0.0551 e. The van der Waals surface area contributed by atoms with Crippen molar-refractivity contribution in [3.05, 3.63) is 18.5 Å². The van der Waals surface area contributed by atoms with Crippen LogP contribution in [0.25, 0.3) is 0 Å². The summed E-state index contributed by atoms with van der Waals surface area (Å²) < 4.78 is 0. The van der Waals surface area contributed by atoms with Gasteiger partial charge in [0, 0.05) is 11.7 Å². The van der Waals surface area contributed by atoms with E-state index >= 15 is 0 Å². The first-order valence-electron chi connectivity index (χ1n) is 5.17. The summed E-state index contributed by atoms with van der Waals surface area (Å²) in [5, 5.41) is 3.52. The summed E-state index contributed by atoms with van der Waals surface area (Å²) in [5.41, 5.74) is 7.67. The lowest BCUT2D eigenvalue weighted by molar-refractivity contribution is 0.533. The molecule has 0 spiro atoms. The maximum atomic E-state index is 5.67. The van der Waals surface area contributed by atoms with Crippen molar-refractivity contribution >= 4 is 11.4 Å². The van der Waals surface area contributed by atoms with E-state index in [1.807, 2.05) is 12.3 Å². The molecular weight excluding hydrogens is 174 g/mol. The van der Waals surface area contributed by atoms with Gasteiger partial charge in [-0.3, -0.25) is 4.98 Å². The fraction of sp³-hybridized carbons (Fsp3) is 0.545. The molecule has 0 atom stereocenters. The van der Waals surface area contributed by atoms with Gasteiger partial charge in [-0.2, -0.15) is 0 Å². The van der Waals surface area contributed by atoms with Gasteiger partial charge in [0.1, 0.15) is 0 Å². The van der Waals surface area contributed by atoms with Gasteiger partial charge >= 0.3 is 0 Å². The van der Waals surface area contributed by atoms with Crippen molar-refractivity contribution in [2.45, 2.75) is 38.1 Å². The Kier molecular flexibility index (Phi) is 2.32. The molecule has 1 aliphatic rings. The van der Waals surface area contributed by atoms with Crippen molar-refractivity contribution in [2.75, 3.05) is 11.1 Å². The minimum Gasteiger partial charge on any atom is -0.397 e. The number of nitrogen functional groups attached to an aromatic ring is 1. The largest absolute Gasteiger partial charge is 0.397 e. The summed E-state index contributed by atoms with van der Waals surface area (Å²) in [6, 6.07) is 1.94. The van der Waals surface area contributed by atoms with E-state index in [-0.39, 0.29) is 5.54 Å². The molecule has 0 bridgehead atoms. The molecule has 0 amide bonds. The van der Waals surface area contributed by atoms with Crippen molar-refractivity contribution in [3.8, 4) is 0 Å². The van der Waals surface area contributed by atoms with Crippen LogP contribution in [0.2, 0.25) is 0 Å².